The van der Waals surface area contributed by atoms with Crippen LogP contribution < -0.4 is 16.2 Å². The van der Waals surface area contributed by atoms with Gasteiger partial charge in [0.2, 0.25) is 5.89 Å². The van der Waals surface area contributed by atoms with Gasteiger partial charge in [0.05, 0.1) is 10.6 Å². The third kappa shape index (κ3) is 4.75. The first-order chi connectivity index (χ1) is 14.9. The van der Waals surface area contributed by atoms with Gasteiger partial charge in [-0.2, -0.15) is 4.72 Å². The summed E-state index contributed by atoms with van der Waals surface area (Å²) in [5, 5.41) is 5.03. The molecular formula is C18H16BrClFN5O5S. The van der Waals surface area contributed by atoms with Crippen molar-refractivity contribution in [1.82, 2.24) is 19.9 Å². The van der Waals surface area contributed by atoms with Crippen LogP contribution in [0.3, 0.4) is 0 Å². The molecule has 32 heavy (non-hydrogen) atoms. The quantitative estimate of drug-likeness (QED) is 0.409. The summed E-state index contributed by atoms with van der Waals surface area (Å²) >= 11 is 9.11. The zero-order chi connectivity index (χ0) is 23.8. The second-order valence-electron chi connectivity index (χ2n) is 6.78. The van der Waals surface area contributed by atoms with Gasteiger partial charge in [0.15, 0.2) is 5.03 Å². The molecule has 0 saturated carbocycles. The second-order valence-corrected chi connectivity index (χ2v) is 9.70. The van der Waals surface area contributed by atoms with Gasteiger partial charge in [0.1, 0.15) is 11.9 Å². The Morgan fingerprint density at radius 2 is 2.09 bits per heavy atom. The second kappa shape index (κ2) is 9.10. The Morgan fingerprint density at radius 3 is 2.69 bits per heavy atom. The van der Waals surface area contributed by atoms with Gasteiger partial charge in [-0.3, -0.25) is 4.79 Å². The number of carbonyl (C=O) groups is 1. The van der Waals surface area contributed by atoms with Crippen molar-refractivity contribution in [2.45, 2.75) is 30.8 Å². The third-order valence-corrected chi connectivity index (χ3v) is 7.16. The molecule has 0 aliphatic carbocycles. The van der Waals surface area contributed by atoms with Crippen LogP contribution in [-0.4, -0.2) is 29.5 Å². The number of aromatic amines is 1. The number of nitrogens with two attached hydrogens (primary N) is 1. The van der Waals surface area contributed by atoms with Gasteiger partial charge in [-0.1, -0.05) is 34.5 Å². The standard InChI is InChI=1S/C18H16BrClFN5O5S/c1-7-11(19)3-4-12(21)13(7)8(2)14(16-24-25-18(28)31-16)26-32(29,30)17-10(15(22)27)5-9(20)6-23-17/h3-6,8,14,26H,1-2H3,(H2,22,27)(H,25,28)/t8-,14+/m1/s1. The zero-order valence-electron chi connectivity index (χ0n) is 16.5. The van der Waals surface area contributed by atoms with E-state index < -0.39 is 50.1 Å². The Labute approximate surface area is 194 Å². The van der Waals surface area contributed by atoms with Crippen LogP contribution in [0.2, 0.25) is 5.02 Å². The molecule has 4 N–H and O–H groups in total. The number of pyridine rings is 1. The number of primary amides is 1. The lowest BCUT2D eigenvalue weighted by molar-refractivity contribution is 0.0996. The first kappa shape index (κ1) is 24.0. The zero-order valence-corrected chi connectivity index (χ0v) is 19.7. The summed E-state index contributed by atoms with van der Waals surface area (Å²) in [4.78, 5) is 27.0. The largest absolute Gasteiger partial charge is 0.434 e. The van der Waals surface area contributed by atoms with Crippen LogP contribution in [-0.2, 0) is 10.0 Å². The highest BCUT2D eigenvalue weighted by molar-refractivity contribution is 9.10. The molecule has 2 heterocycles. The molecule has 0 spiro atoms. The number of hydrogen-bond donors (Lipinski definition) is 3. The average molecular weight is 549 g/mol. The van der Waals surface area contributed by atoms with Crippen molar-refractivity contribution in [2.75, 3.05) is 0 Å². The normalized spacial score (nSPS) is 13.7. The maximum Gasteiger partial charge on any atom is 0.434 e. The minimum absolute atomic E-state index is 0.00667. The van der Waals surface area contributed by atoms with Crippen LogP contribution in [0.4, 0.5) is 4.39 Å². The molecule has 10 nitrogen and oxygen atoms in total. The van der Waals surface area contributed by atoms with Crippen LogP contribution in [0.1, 0.15) is 46.3 Å². The van der Waals surface area contributed by atoms with E-state index in [9.17, 15) is 22.4 Å². The van der Waals surface area contributed by atoms with E-state index in [1.807, 2.05) is 5.10 Å². The fourth-order valence-electron chi connectivity index (χ4n) is 3.18. The maximum atomic E-state index is 14.7. The number of H-pyrrole nitrogens is 1. The Hall–Kier alpha value is -2.61. The van der Waals surface area contributed by atoms with Gasteiger partial charge in [0, 0.05) is 16.6 Å². The molecule has 0 aliphatic heterocycles. The van der Waals surface area contributed by atoms with Crippen LogP contribution >= 0.6 is 27.5 Å². The minimum Gasteiger partial charge on any atom is -0.391 e. The summed E-state index contributed by atoms with van der Waals surface area (Å²) in [6.07, 6.45) is 1.02. The topological polar surface area (TPSA) is 161 Å². The highest BCUT2D eigenvalue weighted by Gasteiger charge is 2.35. The van der Waals surface area contributed by atoms with Crippen LogP contribution in [0.5, 0.6) is 0 Å². The number of carbonyl (C=O) groups excluding carboxylic acids is 1. The minimum atomic E-state index is -4.55. The van der Waals surface area contributed by atoms with Gasteiger partial charge < -0.3 is 10.2 Å². The predicted molar refractivity (Wildman–Crippen MR) is 115 cm³/mol. The van der Waals surface area contributed by atoms with Gasteiger partial charge in [-0.25, -0.2) is 27.7 Å². The molecule has 2 atom stereocenters. The van der Waals surface area contributed by atoms with Crippen molar-refractivity contribution < 1.29 is 22.0 Å². The van der Waals surface area contributed by atoms with E-state index in [0.717, 1.165) is 12.3 Å². The number of halogens is 3. The van der Waals surface area contributed by atoms with Crippen LogP contribution in [0.25, 0.3) is 0 Å². The third-order valence-electron chi connectivity index (χ3n) is 4.69. The monoisotopic (exact) mass is 547 g/mol. The highest BCUT2D eigenvalue weighted by Crippen LogP contribution is 2.36. The smallest absolute Gasteiger partial charge is 0.391 e. The number of nitrogens with zero attached hydrogens (tertiary/aromatic N) is 2. The van der Waals surface area contributed by atoms with Gasteiger partial charge in [-0.15, -0.1) is 5.10 Å². The van der Waals surface area contributed by atoms with Crippen molar-refractivity contribution in [3.8, 4) is 0 Å². The number of aromatic nitrogens is 3. The van der Waals surface area contributed by atoms with Gasteiger partial charge in [-0.05, 0) is 36.2 Å². The van der Waals surface area contributed by atoms with Crippen molar-refractivity contribution in [1.29, 1.82) is 0 Å². The maximum absolute atomic E-state index is 14.7. The van der Waals surface area contributed by atoms with Crippen molar-refractivity contribution in [3.05, 3.63) is 72.8 Å². The molecule has 2 aromatic heterocycles. The molecule has 1 amide bonds. The van der Waals surface area contributed by atoms with E-state index in [2.05, 4.69) is 30.7 Å². The molecule has 1 aromatic carbocycles. The average Bonchev–Trinajstić information content (AvgIpc) is 3.15. The number of hydrogen-bond acceptors (Lipinski definition) is 7. The summed E-state index contributed by atoms with van der Waals surface area (Å²) in [7, 11) is -4.55. The van der Waals surface area contributed by atoms with Crippen LogP contribution in [0.15, 0.2) is 43.1 Å². The molecule has 0 bridgehead atoms. The number of benzene rings is 1. The molecule has 14 heteroatoms. The summed E-state index contributed by atoms with van der Waals surface area (Å²) in [6, 6.07) is 2.41. The predicted octanol–water partition coefficient (Wildman–Crippen LogP) is 2.54. The number of sulfonamides is 1. The fraction of sp³-hybridized carbons (Fsp3) is 0.222. The summed E-state index contributed by atoms with van der Waals surface area (Å²) in [6.45, 7) is 3.15. The fourth-order valence-corrected chi connectivity index (χ4v) is 5.07. The van der Waals surface area contributed by atoms with E-state index in [0.29, 0.717) is 10.0 Å². The summed E-state index contributed by atoms with van der Waals surface area (Å²) in [5.41, 5.74) is 5.47. The van der Waals surface area contributed by atoms with Crippen molar-refractivity contribution in [2.24, 2.45) is 5.73 Å². The molecule has 3 aromatic rings. The van der Waals surface area contributed by atoms with E-state index in [-0.39, 0.29) is 16.5 Å². The number of nitrogens with one attached hydrogen (secondary N) is 2. The Balaban J connectivity index is 2.14. The van der Waals surface area contributed by atoms with Crippen molar-refractivity contribution in [3.63, 3.8) is 0 Å². The first-order valence-electron chi connectivity index (χ1n) is 8.90. The molecule has 3 rings (SSSR count). The molecule has 0 radical (unpaired) electrons. The Bertz CT molecular complexity index is 1360. The van der Waals surface area contributed by atoms with E-state index in [1.54, 1.807) is 6.92 Å². The van der Waals surface area contributed by atoms with E-state index in [1.165, 1.54) is 19.1 Å². The molecule has 0 aliphatic rings. The molecular weight excluding hydrogens is 533 g/mol. The molecule has 0 unspecified atom stereocenters. The van der Waals surface area contributed by atoms with E-state index in [4.69, 9.17) is 21.8 Å². The lowest BCUT2D eigenvalue weighted by Crippen LogP contribution is -2.34. The Kier molecular flexibility index (Phi) is 6.83. The first-order valence-corrected chi connectivity index (χ1v) is 11.6. The number of rotatable bonds is 7. The number of amides is 1. The molecule has 170 valence electrons. The Morgan fingerprint density at radius 1 is 1.41 bits per heavy atom. The SMILES string of the molecule is Cc1c(Br)ccc(F)c1[C@@H](C)[C@H](NS(=O)(=O)c1ncc(Cl)cc1C(N)=O)c1n[nH]c(=O)o1. The van der Waals surface area contributed by atoms with Crippen molar-refractivity contribution >= 4 is 43.5 Å². The van der Waals surface area contributed by atoms with E-state index >= 15 is 0 Å². The lowest BCUT2D eigenvalue weighted by atomic mass is 9.90. The molecule has 0 fully saturated rings. The molecule has 0 saturated heterocycles. The highest BCUT2D eigenvalue weighted by atomic mass is 79.9. The lowest BCUT2D eigenvalue weighted by Gasteiger charge is -2.24. The van der Waals surface area contributed by atoms with Crippen LogP contribution in [0, 0.1) is 12.7 Å². The summed E-state index contributed by atoms with van der Waals surface area (Å²) in [5.74, 6) is -3.89. The van der Waals surface area contributed by atoms with Gasteiger partial charge in [0.25, 0.3) is 15.9 Å². The summed E-state index contributed by atoms with van der Waals surface area (Å²) < 4.78 is 48.9. The van der Waals surface area contributed by atoms with Gasteiger partial charge >= 0.3 is 5.76 Å².